The number of aliphatic imine (C=N–C) groups is 1. The van der Waals surface area contributed by atoms with Gasteiger partial charge in [0, 0.05) is 64.3 Å². The largest absolute Gasteiger partial charge is 0.490 e. The number of ether oxygens (including phenoxy) is 1. The van der Waals surface area contributed by atoms with E-state index in [0.29, 0.717) is 59.4 Å². The minimum Gasteiger partial charge on any atom is -0.490 e. The van der Waals surface area contributed by atoms with Gasteiger partial charge in [-0.3, -0.25) is 28.6 Å². The van der Waals surface area contributed by atoms with Crippen LogP contribution in [0.1, 0.15) is 116 Å². The molecular weight excluding hydrogens is 983 g/mol. The number of aromatic nitrogens is 6. The monoisotopic (exact) mass is 1040 g/mol. The van der Waals surface area contributed by atoms with E-state index in [1.54, 1.807) is 50.7 Å². The van der Waals surface area contributed by atoms with Gasteiger partial charge in [-0.05, 0) is 99.4 Å². The van der Waals surface area contributed by atoms with Gasteiger partial charge >= 0.3 is 0 Å². The molecule has 0 bridgehead atoms. The molecule has 3 aliphatic rings. The van der Waals surface area contributed by atoms with Gasteiger partial charge in [-0.15, -0.1) is 32.9 Å². The van der Waals surface area contributed by atoms with E-state index in [1.165, 1.54) is 12.1 Å². The van der Waals surface area contributed by atoms with Gasteiger partial charge in [-0.25, -0.2) is 9.37 Å². The Hall–Kier alpha value is -6.56. The maximum Gasteiger partial charge on any atom is 0.248 e. The molecule has 2 aliphatic heterocycles. The molecule has 4 aromatic heterocycles. The number of halogens is 2. The van der Waals surface area contributed by atoms with Crippen LogP contribution in [-0.2, 0) is 14.4 Å². The number of hydrogen-bond donors (Lipinski definition) is 2. The number of benzene rings is 3. The van der Waals surface area contributed by atoms with Crippen molar-refractivity contribution in [3.63, 3.8) is 0 Å². The van der Waals surface area contributed by atoms with Crippen molar-refractivity contribution in [2.45, 2.75) is 117 Å². The lowest BCUT2D eigenvalue weighted by Gasteiger charge is -2.36. The highest BCUT2D eigenvalue weighted by atomic mass is 35.5. The number of hydrogen-bond acceptors (Lipinski definition) is 11. The number of rotatable bonds is 14. The Balaban J connectivity index is 0.774. The van der Waals surface area contributed by atoms with Crippen molar-refractivity contribution in [1.82, 2.24) is 45.1 Å². The Kier molecular flexibility index (Phi) is 14.0. The second-order valence-corrected chi connectivity index (χ2v) is 22.6. The molecule has 18 heteroatoms. The summed E-state index contributed by atoms with van der Waals surface area (Å²) in [7, 11) is 0. The summed E-state index contributed by atoms with van der Waals surface area (Å²) in [4.78, 5) is 55.9. The Morgan fingerprint density at radius 3 is 2.37 bits per heavy atom. The average Bonchev–Trinajstić information content (AvgIpc) is 4.19. The average molecular weight is 1040 g/mol. The summed E-state index contributed by atoms with van der Waals surface area (Å²) >= 11 is 9.54. The molecule has 14 nitrogen and oxygen atoms in total. The summed E-state index contributed by atoms with van der Waals surface area (Å²) < 4.78 is 25.3. The van der Waals surface area contributed by atoms with E-state index in [2.05, 4.69) is 51.7 Å². The van der Waals surface area contributed by atoms with Crippen molar-refractivity contribution >= 4 is 57.7 Å². The lowest BCUT2D eigenvalue weighted by molar-refractivity contribution is -0.142. The van der Waals surface area contributed by atoms with Gasteiger partial charge in [0.25, 0.3) is 0 Å². The molecule has 1 saturated heterocycles. The van der Waals surface area contributed by atoms with Gasteiger partial charge < -0.3 is 20.3 Å². The highest BCUT2D eigenvalue weighted by molar-refractivity contribution is 7.15. The van der Waals surface area contributed by atoms with Crippen LogP contribution in [0.4, 0.5) is 4.39 Å². The lowest BCUT2D eigenvalue weighted by Crippen LogP contribution is -2.49. The van der Waals surface area contributed by atoms with Crippen molar-refractivity contribution < 1.29 is 23.5 Å². The first-order valence-electron chi connectivity index (χ1n) is 24.8. The SMILES string of the molecule is Cc1ncsc1-c1ccc([C@H](C)NC(=O)[C@@H]2C[C@@H](C)CN2C(=O)[C@@H](C(C)C)n2cc(-c3cc(F)cc(O[C@H]4C[C@H](NC(=O)C[C@@H]5N=C(c6ccc(Cl)cc6)c6c(sc(C)c6C)-n6c(C)nnc65)C4)c3)cn2)cc1. The molecule has 7 aromatic rings. The Morgan fingerprint density at radius 1 is 0.918 bits per heavy atom. The third-order valence-corrected chi connectivity index (χ3v) is 16.8. The summed E-state index contributed by atoms with van der Waals surface area (Å²) in [5.74, 6) is 0.594. The van der Waals surface area contributed by atoms with Crippen molar-refractivity contribution in [3.05, 3.63) is 140 Å². The number of nitrogens with one attached hydrogen (secondary N) is 2. The number of fused-ring (bicyclic) bond motifs is 3. The van der Waals surface area contributed by atoms with E-state index >= 15 is 4.39 Å². The van der Waals surface area contributed by atoms with Crippen LogP contribution >= 0.6 is 34.3 Å². The number of aryl methyl sites for hydroxylation is 3. The fraction of sp³-hybridized carbons (Fsp3) is 0.382. The van der Waals surface area contributed by atoms with Crippen molar-refractivity contribution in [1.29, 1.82) is 0 Å². The normalized spacial score (nSPS) is 20.1. The molecule has 2 fully saturated rings. The number of nitrogens with zero attached hydrogens (tertiary/aromatic N) is 8. The van der Waals surface area contributed by atoms with Crippen molar-refractivity contribution in [3.8, 4) is 32.3 Å². The third-order valence-electron chi connectivity index (χ3n) is 14.3. The first-order chi connectivity index (χ1) is 35.0. The second-order valence-electron chi connectivity index (χ2n) is 20.1. The van der Waals surface area contributed by atoms with Crippen LogP contribution < -0.4 is 15.4 Å². The second kappa shape index (κ2) is 20.4. The molecule has 0 spiro atoms. The van der Waals surface area contributed by atoms with E-state index in [0.717, 1.165) is 54.0 Å². The van der Waals surface area contributed by atoms with Crippen LogP contribution in [-0.4, -0.2) is 82.6 Å². The molecule has 2 N–H and O–H groups in total. The number of thiazole rings is 1. The molecule has 3 amide bonds. The van der Waals surface area contributed by atoms with Crippen LogP contribution in [0.5, 0.6) is 5.75 Å². The molecule has 0 unspecified atom stereocenters. The topological polar surface area (TPSA) is 162 Å². The van der Waals surface area contributed by atoms with E-state index in [-0.39, 0.29) is 54.2 Å². The molecule has 0 radical (unpaired) electrons. The first-order valence-corrected chi connectivity index (χ1v) is 26.9. The van der Waals surface area contributed by atoms with Gasteiger partial charge in [-0.1, -0.05) is 68.8 Å². The zero-order valence-electron chi connectivity index (χ0n) is 42.0. The first kappa shape index (κ1) is 50.0. The molecule has 73 heavy (non-hydrogen) atoms. The Labute approximate surface area is 437 Å². The Morgan fingerprint density at radius 2 is 1.66 bits per heavy atom. The van der Waals surface area contributed by atoms with Gasteiger partial charge in [0.1, 0.15) is 46.6 Å². The minimum atomic E-state index is -0.703. The highest BCUT2D eigenvalue weighted by Gasteiger charge is 2.42. The summed E-state index contributed by atoms with van der Waals surface area (Å²) in [6, 6.07) is 17.9. The molecule has 10 rings (SSSR count). The Bertz CT molecular complexity index is 3250. The fourth-order valence-electron chi connectivity index (χ4n) is 10.3. The molecule has 5 atom stereocenters. The van der Waals surface area contributed by atoms with Gasteiger partial charge in [0.2, 0.25) is 17.7 Å². The molecule has 1 saturated carbocycles. The lowest BCUT2D eigenvalue weighted by atomic mass is 9.89. The molecule has 378 valence electrons. The predicted molar refractivity (Wildman–Crippen MR) is 283 cm³/mol. The van der Waals surface area contributed by atoms with E-state index < -0.39 is 23.9 Å². The summed E-state index contributed by atoms with van der Waals surface area (Å²) in [5, 5.41) is 21.5. The fourth-order valence-corrected chi connectivity index (χ4v) is 12.5. The summed E-state index contributed by atoms with van der Waals surface area (Å²) in [5.41, 5.74) is 9.81. The van der Waals surface area contributed by atoms with Crippen LogP contribution in [0.15, 0.2) is 89.6 Å². The quantitative estimate of drug-likeness (QED) is 0.109. The number of carbonyl (C=O) groups is 3. The van der Waals surface area contributed by atoms with Gasteiger partial charge in [0.05, 0.1) is 40.5 Å². The standard InChI is InChI=1S/C55H58ClFN10O4S2/c1-28(2)50(54(70)65-25-29(3)17-46(65)53(69)60-31(5)35-9-11-37(12-10-35)51-32(6)58-27-72-51)66-26-39(24-59-66)38-18-41(57)20-43(19-38)71-44-21-42(22-44)61-47(68)23-45-52-64-63-34(8)67(52)55-48(30(4)33(7)73-55)49(62-45)36-13-15-40(56)16-14-36/h9-16,18-20,24,26-29,31,42,44-46,50H,17,21-23,25H2,1-8H3,(H,60,69)(H,61,68)/t29-,31+,42-,44-,45+,46+,50-/m1/s1. The number of thiophene rings is 1. The van der Waals surface area contributed by atoms with Gasteiger partial charge in [-0.2, -0.15) is 5.10 Å². The van der Waals surface area contributed by atoms with Crippen LogP contribution in [0, 0.1) is 45.3 Å². The third kappa shape index (κ3) is 10.1. The zero-order valence-corrected chi connectivity index (χ0v) is 44.4. The maximum absolute atomic E-state index is 15.3. The van der Waals surface area contributed by atoms with E-state index in [1.807, 2.05) is 93.2 Å². The van der Waals surface area contributed by atoms with Crippen LogP contribution in [0.2, 0.25) is 5.02 Å². The number of likely N-dealkylation sites (tertiary alicyclic amines) is 1. The highest BCUT2D eigenvalue weighted by Crippen LogP contribution is 2.41. The van der Waals surface area contributed by atoms with Gasteiger partial charge in [0.15, 0.2) is 5.82 Å². The van der Waals surface area contributed by atoms with Crippen molar-refractivity contribution in [2.75, 3.05) is 6.54 Å². The molecule has 1 aliphatic carbocycles. The number of amides is 3. The smallest absolute Gasteiger partial charge is 0.248 e. The molecule has 6 heterocycles. The number of carbonyl (C=O) groups excluding carboxylic acids is 3. The van der Waals surface area contributed by atoms with E-state index in [9.17, 15) is 14.4 Å². The minimum absolute atomic E-state index is 0.0611. The molecule has 3 aromatic carbocycles. The van der Waals surface area contributed by atoms with Crippen molar-refractivity contribution in [2.24, 2.45) is 16.8 Å². The van der Waals surface area contributed by atoms with Crippen LogP contribution in [0.25, 0.3) is 26.6 Å². The summed E-state index contributed by atoms with van der Waals surface area (Å²) in [6.45, 7) is 16.5. The van der Waals surface area contributed by atoms with E-state index in [4.69, 9.17) is 21.3 Å². The molecular formula is C55H58ClFN10O4S2. The predicted octanol–water partition coefficient (Wildman–Crippen LogP) is 10.7. The van der Waals surface area contributed by atoms with Crippen LogP contribution in [0.3, 0.4) is 0 Å². The zero-order chi connectivity index (χ0) is 51.4. The summed E-state index contributed by atoms with van der Waals surface area (Å²) in [6.07, 6.45) is 4.82. The maximum atomic E-state index is 15.3.